The van der Waals surface area contributed by atoms with E-state index in [2.05, 4.69) is 36.2 Å². The minimum atomic E-state index is 0.718. The molecule has 0 saturated carbocycles. The second-order valence-corrected chi connectivity index (χ2v) is 4.32. The highest BCUT2D eigenvalue weighted by Crippen LogP contribution is 2.41. The number of hydrogen-bond donors (Lipinski definition) is 0. The van der Waals surface area contributed by atoms with E-state index in [4.69, 9.17) is 0 Å². The molecule has 2 aliphatic heterocycles. The molecule has 13 heavy (non-hydrogen) atoms. The van der Waals surface area contributed by atoms with Gasteiger partial charge in [-0.1, -0.05) is 24.3 Å². The molecule has 2 bridgehead atoms. The molecule has 1 nitrogen and oxygen atoms in total. The number of nitrogens with zero attached hydrogens (tertiary/aromatic N) is 1. The zero-order valence-corrected chi connectivity index (χ0v) is 8.03. The van der Waals surface area contributed by atoms with Crippen LogP contribution in [0.15, 0.2) is 24.3 Å². The Labute approximate surface area is 79.4 Å². The Hall–Kier alpha value is -0.820. The molecule has 0 amide bonds. The van der Waals surface area contributed by atoms with Gasteiger partial charge in [-0.05, 0) is 37.4 Å². The van der Waals surface area contributed by atoms with Gasteiger partial charge in [0.25, 0.3) is 0 Å². The van der Waals surface area contributed by atoms with Crippen molar-refractivity contribution in [3.8, 4) is 0 Å². The van der Waals surface area contributed by atoms with Crippen molar-refractivity contribution in [2.45, 2.75) is 31.3 Å². The lowest BCUT2D eigenvalue weighted by molar-refractivity contribution is 0.224. The molecule has 0 aliphatic carbocycles. The summed E-state index contributed by atoms with van der Waals surface area (Å²) in [6.07, 6.45) is 4.01. The molecule has 1 saturated heterocycles. The first-order valence-corrected chi connectivity index (χ1v) is 5.16. The van der Waals surface area contributed by atoms with Crippen LogP contribution in [0.4, 0.5) is 0 Å². The van der Waals surface area contributed by atoms with Gasteiger partial charge in [0.15, 0.2) is 0 Å². The van der Waals surface area contributed by atoms with Gasteiger partial charge in [-0.2, -0.15) is 0 Å². The van der Waals surface area contributed by atoms with Gasteiger partial charge in [0.05, 0.1) is 0 Å². The molecule has 0 radical (unpaired) electrons. The van der Waals surface area contributed by atoms with Crippen LogP contribution in [0.5, 0.6) is 0 Å². The maximum absolute atomic E-state index is 2.56. The minimum absolute atomic E-state index is 0.718. The molecule has 2 atom stereocenters. The Morgan fingerprint density at radius 3 is 3.00 bits per heavy atom. The Bertz CT molecular complexity index is 332. The molecule has 0 spiro atoms. The van der Waals surface area contributed by atoms with E-state index in [0.717, 1.165) is 12.1 Å². The topological polar surface area (TPSA) is 3.24 Å². The number of hydrogen-bond acceptors (Lipinski definition) is 1. The van der Waals surface area contributed by atoms with Crippen molar-refractivity contribution in [1.29, 1.82) is 0 Å². The summed E-state index contributed by atoms with van der Waals surface area (Å²) in [4.78, 5) is 2.56. The van der Waals surface area contributed by atoms with Gasteiger partial charge in [-0.15, -0.1) is 0 Å². The molecule has 3 rings (SSSR count). The largest absolute Gasteiger partial charge is 0.296 e. The summed E-state index contributed by atoms with van der Waals surface area (Å²) in [7, 11) is 2.28. The molecule has 2 heterocycles. The van der Waals surface area contributed by atoms with Gasteiger partial charge in [0.1, 0.15) is 0 Å². The average molecular weight is 173 g/mol. The SMILES string of the molecule is CN1[C@H]2CC[C@H]1c1ccccc1C2. The van der Waals surface area contributed by atoms with Crippen LogP contribution in [-0.4, -0.2) is 18.0 Å². The molecule has 1 fully saturated rings. The average Bonchev–Trinajstić information content (AvgIpc) is 2.43. The fourth-order valence-corrected chi connectivity index (χ4v) is 2.93. The van der Waals surface area contributed by atoms with Gasteiger partial charge >= 0.3 is 0 Å². The minimum Gasteiger partial charge on any atom is -0.296 e. The summed E-state index contributed by atoms with van der Waals surface area (Å²) in [5, 5.41) is 0. The Kier molecular flexibility index (Phi) is 1.50. The molecule has 2 aliphatic rings. The van der Waals surface area contributed by atoms with Crippen LogP contribution in [-0.2, 0) is 6.42 Å². The Morgan fingerprint density at radius 2 is 2.08 bits per heavy atom. The lowest BCUT2D eigenvalue weighted by Gasteiger charge is -2.33. The van der Waals surface area contributed by atoms with Crippen molar-refractivity contribution >= 4 is 0 Å². The van der Waals surface area contributed by atoms with Crippen LogP contribution < -0.4 is 0 Å². The van der Waals surface area contributed by atoms with Crippen LogP contribution in [0.1, 0.15) is 30.0 Å². The highest BCUT2D eigenvalue weighted by Gasteiger charge is 2.36. The predicted molar refractivity (Wildman–Crippen MR) is 53.7 cm³/mol. The molecule has 1 aromatic rings. The third-order valence-corrected chi connectivity index (χ3v) is 3.71. The van der Waals surface area contributed by atoms with E-state index in [0.29, 0.717) is 0 Å². The second kappa shape index (κ2) is 2.58. The van der Waals surface area contributed by atoms with Crippen LogP contribution in [0.3, 0.4) is 0 Å². The third kappa shape index (κ3) is 0.969. The lowest BCUT2D eigenvalue weighted by Crippen LogP contribution is -2.33. The standard InChI is InChI=1S/C12H15N/c1-13-10-6-7-12(13)11-5-3-2-4-9(11)8-10/h2-5,10,12H,6-8H2,1H3/t10-,12-/m0/s1. The quantitative estimate of drug-likeness (QED) is 0.582. The van der Waals surface area contributed by atoms with Gasteiger partial charge < -0.3 is 0 Å². The predicted octanol–water partition coefficient (Wildman–Crippen LogP) is 2.38. The first-order valence-electron chi connectivity index (χ1n) is 5.16. The fourth-order valence-electron chi connectivity index (χ4n) is 2.93. The monoisotopic (exact) mass is 173 g/mol. The normalized spacial score (nSPS) is 31.8. The van der Waals surface area contributed by atoms with E-state index < -0.39 is 0 Å². The zero-order valence-electron chi connectivity index (χ0n) is 8.03. The van der Waals surface area contributed by atoms with Crippen LogP contribution in [0, 0.1) is 0 Å². The van der Waals surface area contributed by atoms with Crippen LogP contribution in [0.25, 0.3) is 0 Å². The maximum atomic E-state index is 2.56. The first-order chi connectivity index (χ1) is 6.36. The molecule has 68 valence electrons. The van der Waals surface area contributed by atoms with Crippen molar-refractivity contribution in [2.24, 2.45) is 0 Å². The van der Waals surface area contributed by atoms with E-state index >= 15 is 0 Å². The van der Waals surface area contributed by atoms with Crippen molar-refractivity contribution in [3.05, 3.63) is 35.4 Å². The zero-order chi connectivity index (χ0) is 8.84. The van der Waals surface area contributed by atoms with Crippen molar-refractivity contribution < 1.29 is 0 Å². The fraction of sp³-hybridized carbons (Fsp3) is 0.500. The summed E-state index contributed by atoms with van der Waals surface area (Å²) in [6.45, 7) is 0. The number of benzene rings is 1. The molecule has 1 aromatic carbocycles. The Morgan fingerprint density at radius 1 is 1.23 bits per heavy atom. The second-order valence-electron chi connectivity index (χ2n) is 4.32. The summed E-state index contributed by atoms with van der Waals surface area (Å²) in [5.41, 5.74) is 3.17. The summed E-state index contributed by atoms with van der Waals surface area (Å²) in [5.74, 6) is 0. The summed E-state index contributed by atoms with van der Waals surface area (Å²) < 4.78 is 0. The summed E-state index contributed by atoms with van der Waals surface area (Å²) >= 11 is 0. The number of rotatable bonds is 0. The highest BCUT2D eigenvalue weighted by atomic mass is 15.2. The smallest absolute Gasteiger partial charge is 0.0351 e. The van der Waals surface area contributed by atoms with E-state index in [1.165, 1.54) is 19.3 Å². The van der Waals surface area contributed by atoms with Gasteiger partial charge in [0.2, 0.25) is 0 Å². The van der Waals surface area contributed by atoms with Gasteiger partial charge in [-0.3, -0.25) is 4.90 Å². The maximum Gasteiger partial charge on any atom is 0.0351 e. The van der Waals surface area contributed by atoms with Crippen molar-refractivity contribution in [3.63, 3.8) is 0 Å². The molecule has 0 aromatic heterocycles. The van der Waals surface area contributed by atoms with Crippen molar-refractivity contribution in [1.82, 2.24) is 4.90 Å². The number of likely N-dealkylation sites (N-methyl/N-ethyl adjacent to an activating group) is 1. The van der Waals surface area contributed by atoms with E-state index in [-0.39, 0.29) is 0 Å². The van der Waals surface area contributed by atoms with E-state index in [9.17, 15) is 0 Å². The molecular weight excluding hydrogens is 158 g/mol. The van der Waals surface area contributed by atoms with Gasteiger partial charge in [-0.25, -0.2) is 0 Å². The third-order valence-electron chi connectivity index (χ3n) is 3.71. The molecular formula is C12H15N. The Balaban J connectivity index is 2.12. The van der Waals surface area contributed by atoms with Crippen LogP contribution in [0.2, 0.25) is 0 Å². The van der Waals surface area contributed by atoms with Gasteiger partial charge in [0, 0.05) is 12.1 Å². The van der Waals surface area contributed by atoms with Crippen molar-refractivity contribution in [2.75, 3.05) is 7.05 Å². The van der Waals surface area contributed by atoms with E-state index in [1.807, 2.05) is 0 Å². The van der Waals surface area contributed by atoms with Crippen LogP contribution >= 0.6 is 0 Å². The molecule has 0 N–H and O–H groups in total. The highest BCUT2D eigenvalue weighted by molar-refractivity contribution is 5.34. The first kappa shape index (κ1) is 7.57. The lowest BCUT2D eigenvalue weighted by atomic mass is 9.94. The van der Waals surface area contributed by atoms with E-state index in [1.54, 1.807) is 11.1 Å². The molecule has 0 unspecified atom stereocenters. The summed E-state index contributed by atoms with van der Waals surface area (Å²) in [6, 6.07) is 10.5. The molecule has 1 heteroatoms. The number of fused-ring (bicyclic) bond motifs is 4.